The van der Waals surface area contributed by atoms with E-state index in [-0.39, 0.29) is 5.82 Å². The Hall–Kier alpha value is -1.39. The fourth-order valence-corrected chi connectivity index (χ4v) is 2.40. The molecule has 1 unspecified atom stereocenters. The lowest BCUT2D eigenvalue weighted by atomic mass is 10.0. The van der Waals surface area contributed by atoms with Gasteiger partial charge in [0, 0.05) is 16.5 Å². The molecule has 2 rings (SSSR count). The van der Waals surface area contributed by atoms with Crippen LogP contribution in [-0.2, 0) is 6.42 Å². The number of benzene rings is 2. The molecule has 0 spiro atoms. The van der Waals surface area contributed by atoms with Crippen molar-refractivity contribution >= 4 is 15.9 Å². The first kappa shape index (κ1) is 15.0. The Balaban J connectivity index is 2.21. The lowest BCUT2D eigenvalue weighted by Gasteiger charge is -2.16. The lowest BCUT2D eigenvalue weighted by molar-refractivity contribution is 0.172. The van der Waals surface area contributed by atoms with E-state index in [1.54, 1.807) is 12.1 Å². The van der Waals surface area contributed by atoms with E-state index in [1.165, 1.54) is 12.1 Å². The molecular weight excluding hydrogens is 323 g/mol. The summed E-state index contributed by atoms with van der Waals surface area (Å²) in [6.45, 7) is 2.44. The highest BCUT2D eigenvalue weighted by Gasteiger charge is 2.15. The minimum atomic E-state index is -0.695. The summed E-state index contributed by atoms with van der Waals surface area (Å²) in [6, 6.07) is 11.7. The molecule has 0 amide bonds. The van der Waals surface area contributed by atoms with Crippen molar-refractivity contribution in [3.05, 3.63) is 63.9 Å². The second kappa shape index (κ2) is 6.86. The van der Waals surface area contributed by atoms with Crippen LogP contribution in [-0.4, -0.2) is 11.7 Å². The van der Waals surface area contributed by atoms with Gasteiger partial charge in [0.25, 0.3) is 0 Å². The van der Waals surface area contributed by atoms with Crippen LogP contribution in [0.15, 0.2) is 46.9 Å². The third-order valence-corrected chi connectivity index (χ3v) is 3.47. The fourth-order valence-electron chi connectivity index (χ4n) is 2.02. The molecule has 2 aromatic carbocycles. The molecule has 106 valence electrons. The highest BCUT2D eigenvalue weighted by Crippen LogP contribution is 2.30. The largest absolute Gasteiger partial charge is 0.493 e. The second-order valence-electron chi connectivity index (χ2n) is 4.46. The molecule has 0 bridgehead atoms. The van der Waals surface area contributed by atoms with Gasteiger partial charge in [-0.2, -0.15) is 0 Å². The number of aliphatic hydroxyl groups excluding tert-OH is 1. The summed E-state index contributed by atoms with van der Waals surface area (Å²) in [5.74, 6) is 0.394. The van der Waals surface area contributed by atoms with Crippen molar-refractivity contribution in [3.63, 3.8) is 0 Å². The Bertz CT molecular complexity index is 569. The summed E-state index contributed by atoms with van der Waals surface area (Å²) >= 11 is 3.39. The number of aliphatic hydroxyl groups is 1. The maximum atomic E-state index is 12.9. The van der Waals surface area contributed by atoms with E-state index in [2.05, 4.69) is 15.9 Å². The van der Waals surface area contributed by atoms with Gasteiger partial charge in [-0.25, -0.2) is 4.39 Å². The first-order valence-corrected chi connectivity index (χ1v) is 7.24. The maximum absolute atomic E-state index is 12.9. The van der Waals surface area contributed by atoms with Crippen LogP contribution in [0.2, 0.25) is 0 Å². The number of hydrogen-bond donors (Lipinski definition) is 1. The van der Waals surface area contributed by atoms with Gasteiger partial charge in [-0.15, -0.1) is 0 Å². The van der Waals surface area contributed by atoms with Gasteiger partial charge in [0.1, 0.15) is 11.6 Å². The van der Waals surface area contributed by atoms with Crippen LogP contribution in [0.3, 0.4) is 0 Å². The molecule has 0 aliphatic heterocycles. The van der Waals surface area contributed by atoms with Gasteiger partial charge < -0.3 is 9.84 Å². The first-order chi connectivity index (χ1) is 9.60. The molecular formula is C16H16BrFO2. The molecule has 4 heteroatoms. The van der Waals surface area contributed by atoms with Gasteiger partial charge in [0.2, 0.25) is 0 Å². The Labute approximate surface area is 126 Å². The van der Waals surface area contributed by atoms with Crippen LogP contribution in [0.1, 0.15) is 24.2 Å². The zero-order valence-electron chi connectivity index (χ0n) is 11.1. The SMILES string of the molecule is CCOc1ccc(Br)cc1C(O)Cc1ccc(F)cc1. The van der Waals surface area contributed by atoms with Crippen LogP contribution in [0.4, 0.5) is 4.39 Å². The monoisotopic (exact) mass is 338 g/mol. The van der Waals surface area contributed by atoms with E-state index in [9.17, 15) is 9.50 Å². The lowest BCUT2D eigenvalue weighted by Crippen LogP contribution is -2.05. The van der Waals surface area contributed by atoms with Gasteiger partial charge in [0.15, 0.2) is 0 Å². The molecule has 0 heterocycles. The molecule has 0 aromatic heterocycles. The van der Waals surface area contributed by atoms with Crippen LogP contribution in [0.5, 0.6) is 5.75 Å². The van der Waals surface area contributed by atoms with Crippen LogP contribution < -0.4 is 4.74 Å². The number of rotatable bonds is 5. The van der Waals surface area contributed by atoms with E-state index in [4.69, 9.17) is 4.74 Å². The molecule has 0 fully saturated rings. The minimum Gasteiger partial charge on any atom is -0.493 e. The minimum absolute atomic E-state index is 0.277. The molecule has 0 aliphatic carbocycles. The van der Waals surface area contributed by atoms with Crippen molar-refractivity contribution < 1.29 is 14.2 Å². The Morgan fingerprint density at radius 3 is 2.55 bits per heavy atom. The first-order valence-electron chi connectivity index (χ1n) is 6.45. The number of hydrogen-bond acceptors (Lipinski definition) is 2. The molecule has 1 N–H and O–H groups in total. The van der Waals surface area contributed by atoms with Gasteiger partial charge in [-0.3, -0.25) is 0 Å². The number of ether oxygens (including phenoxy) is 1. The molecule has 0 saturated carbocycles. The van der Waals surface area contributed by atoms with Gasteiger partial charge in [-0.05, 0) is 42.8 Å². The average Bonchev–Trinajstić information content (AvgIpc) is 2.43. The summed E-state index contributed by atoms with van der Waals surface area (Å²) in [5, 5.41) is 10.4. The Morgan fingerprint density at radius 2 is 1.90 bits per heavy atom. The molecule has 2 nitrogen and oxygen atoms in total. The summed E-state index contributed by atoms with van der Waals surface area (Å²) in [7, 11) is 0. The van der Waals surface area contributed by atoms with E-state index in [1.807, 2.05) is 25.1 Å². The van der Waals surface area contributed by atoms with Crippen molar-refractivity contribution in [2.75, 3.05) is 6.61 Å². The molecule has 2 aromatic rings. The highest BCUT2D eigenvalue weighted by atomic mass is 79.9. The van der Waals surface area contributed by atoms with E-state index >= 15 is 0 Å². The van der Waals surface area contributed by atoms with Crippen LogP contribution in [0, 0.1) is 5.82 Å². The van der Waals surface area contributed by atoms with Crippen molar-refractivity contribution in [1.82, 2.24) is 0 Å². The summed E-state index contributed by atoms with van der Waals surface area (Å²) in [4.78, 5) is 0. The average molecular weight is 339 g/mol. The summed E-state index contributed by atoms with van der Waals surface area (Å²) < 4.78 is 19.3. The van der Waals surface area contributed by atoms with Gasteiger partial charge in [0.05, 0.1) is 12.7 Å². The van der Waals surface area contributed by atoms with E-state index in [0.29, 0.717) is 18.8 Å². The number of halogens is 2. The smallest absolute Gasteiger partial charge is 0.125 e. The molecule has 0 aliphatic rings. The molecule has 20 heavy (non-hydrogen) atoms. The zero-order chi connectivity index (χ0) is 14.5. The fraction of sp³-hybridized carbons (Fsp3) is 0.250. The van der Waals surface area contributed by atoms with Crippen molar-refractivity contribution in [2.24, 2.45) is 0 Å². The predicted octanol–water partition coefficient (Wildman–Crippen LogP) is 4.26. The third kappa shape index (κ3) is 3.81. The summed E-state index contributed by atoms with van der Waals surface area (Å²) in [5.41, 5.74) is 1.60. The van der Waals surface area contributed by atoms with Crippen molar-refractivity contribution in [1.29, 1.82) is 0 Å². The topological polar surface area (TPSA) is 29.5 Å². The molecule has 0 saturated heterocycles. The van der Waals surface area contributed by atoms with Gasteiger partial charge in [-0.1, -0.05) is 28.1 Å². The normalized spacial score (nSPS) is 12.2. The van der Waals surface area contributed by atoms with E-state index < -0.39 is 6.10 Å². The Morgan fingerprint density at radius 1 is 1.20 bits per heavy atom. The van der Waals surface area contributed by atoms with E-state index in [0.717, 1.165) is 15.6 Å². The van der Waals surface area contributed by atoms with Crippen molar-refractivity contribution in [3.8, 4) is 5.75 Å². The maximum Gasteiger partial charge on any atom is 0.125 e. The highest BCUT2D eigenvalue weighted by molar-refractivity contribution is 9.10. The van der Waals surface area contributed by atoms with Crippen LogP contribution >= 0.6 is 15.9 Å². The quantitative estimate of drug-likeness (QED) is 0.882. The second-order valence-corrected chi connectivity index (χ2v) is 5.38. The standard InChI is InChI=1S/C16H16BrFO2/c1-2-20-16-8-5-12(17)10-14(16)15(19)9-11-3-6-13(18)7-4-11/h3-8,10,15,19H,2,9H2,1H3. The molecule has 0 radical (unpaired) electrons. The third-order valence-electron chi connectivity index (χ3n) is 2.97. The van der Waals surface area contributed by atoms with Gasteiger partial charge >= 0.3 is 0 Å². The predicted molar refractivity (Wildman–Crippen MR) is 80.4 cm³/mol. The molecule has 1 atom stereocenters. The summed E-state index contributed by atoms with van der Waals surface area (Å²) in [6.07, 6.45) is -0.281. The zero-order valence-corrected chi connectivity index (χ0v) is 12.7. The van der Waals surface area contributed by atoms with Crippen molar-refractivity contribution in [2.45, 2.75) is 19.4 Å². The Kier molecular flexibility index (Phi) is 5.15. The van der Waals surface area contributed by atoms with Crippen LogP contribution in [0.25, 0.3) is 0 Å².